The van der Waals surface area contributed by atoms with Crippen molar-refractivity contribution < 1.29 is 44.7 Å². The first-order chi connectivity index (χ1) is 30.3. The van der Waals surface area contributed by atoms with Crippen LogP contribution in [0.1, 0.15) is 102 Å². The van der Waals surface area contributed by atoms with Gasteiger partial charge in [0.1, 0.15) is 0 Å². The van der Waals surface area contributed by atoms with Crippen molar-refractivity contribution in [3.05, 3.63) is 165 Å². The Morgan fingerprint density at radius 1 is 0.651 bits per heavy atom. The van der Waals surface area contributed by atoms with E-state index < -0.39 is 23.3 Å². The summed E-state index contributed by atoms with van der Waals surface area (Å²) in [6.45, 7) is 5.26. The lowest BCUT2D eigenvalue weighted by atomic mass is 9.74. The van der Waals surface area contributed by atoms with Gasteiger partial charge in [0, 0.05) is 16.5 Å². The maximum Gasteiger partial charge on any atom is 0.262 e. The molecule has 2 unspecified atom stereocenters. The van der Waals surface area contributed by atoms with E-state index in [1.54, 1.807) is 67.6 Å². The molecule has 9 rings (SSSR count). The molecule has 1 aliphatic carbocycles. The number of hydrogen-bond acceptors (Lipinski definition) is 9. The highest BCUT2D eigenvalue weighted by Crippen LogP contribution is 2.66. The van der Waals surface area contributed by atoms with E-state index >= 15 is 0 Å². The maximum absolute atomic E-state index is 14.4. The Morgan fingerprint density at radius 2 is 1.16 bits per heavy atom. The molecule has 7 aromatic rings. The summed E-state index contributed by atoms with van der Waals surface area (Å²) in [6.07, 6.45) is 1.90. The summed E-state index contributed by atoms with van der Waals surface area (Å²) >= 11 is 0. The van der Waals surface area contributed by atoms with Crippen molar-refractivity contribution in [3.63, 3.8) is 0 Å². The predicted octanol–water partition coefficient (Wildman–Crippen LogP) is 8.83. The average Bonchev–Trinajstić information content (AvgIpc) is 3.75. The Kier molecular flexibility index (Phi) is 9.90. The molecule has 0 bridgehead atoms. The molecule has 2 atom stereocenters. The zero-order chi connectivity index (χ0) is 44.5. The highest BCUT2D eigenvalue weighted by atomic mass is 16.3. The minimum Gasteiger partial charge on any atom is -0.494 e. The van der Waals surface area contributed by atoms with Gasteiger partial charge in [0.25, 0.3) is 11.8 Å². The summed E-state index contributed by atoms with van der Waals surface area (Å²) in [5.74, 6) is -2.45. The second-order valence-electron chi connectivity index (χ2n) is 16.5. The van der Waals surface area contributed by atoms with Crippen molar-refractivity contribution >= 4 is 23.9 Å². The Morgan fingerprint density at radius 3 is 1.68 bits per heavy atom. The summed E-state index contributed by atoms with van der Waals surface area (Å²) in [7, 11) is 0. The number of aliphatic hydroxyl groups is 1. The molecule has 0 spiro atoms. The van der Waals surface area contributed by atoms with Crippen LogP contribution in [0.3, 0.4) is 0 Å². The predicted molar refractivity (Wildman–Crippen MR) is 235 cm³/mol. The first kappa shape index (κ1) is 40.7. The van der Waals surface area contributed by atoms with E-state index in [4.69, 9.17) is 0 Å². The molecule has 5 N–H and O–H groups in total. The number of fused-ring (bicyclic) bond motifs is 5. The van der Waals surface area contributed by atoms with E-state index in [2.05, 4.69) is 0 Å². The number of aromatic hydroxyl groups is 4. The van der Waals surface area contributed by atoms with Gasteiger partial charge in [0.15, 0.2) is 12.1 Å². The fourth-order valence-electron chi connectivity index (χ4n) is 9.03. The Bertz CT molecular complexity index is 2970. The van der Waals surface area contributed by atoms with E-state index in [1.807, 2.05) is 56.3 Å². The highest BCUT2D eigenvalue weighted by Gasteiger charge is 2.44. The SMILES string of the molecule is CCC(C)(Cc1ccc(Cc2ccc(-n3c(O)c4c(c3O)-c3c-4c(O)n(-c4ccccc4)c3O)cc2)cc1)C(=O)c1cc2c(cc1C=O)C(=O)N(C(C)c1cccc(CO)c1)C2=O. The number of amides is 2. The number of nitrogens with zero attached hydrogens (tertiary/aromatic N) is 3. The van der Waals surface area contributed by atoms with Gasteiger partial charge in [-0.3, -0.25) is 33.2 Å². The molecule has 1 aliphatic heterocycles. The second-order valence-corrected chi connectivity index (χ2v) is 16.5. The number of ketones is 1. The number of carbonyl (C=O) groups excluding carboxylic acids is 4. The van der Waals surface area contributed by atoms with Crippen molar-refractivity contribution in [1.82, 2.24) is 14.0 Å². The summed E-state index contributed by atoms with van der Waals surface area (Å²) in [5.41, 5.74) is 5.47. The third kappa shape index (κ3) is 6.40. The maximum atomic E-state index is 14.4. The summed E-state index contributed by atoms with van der Waals surface area (Å²) in [6, 6.07) is 33.0. The van der Waals surface area contributed by atoms with Crippen LogP contribution in [0, 0.1) is 5.41 Å². The van der Waals surface area contributed by atoms with Crippen LogP contribution < -0.4 is 0 Å². The third-order valence-electron chi connectivity index (χ3n) is 12.8. The van der Waals surface area contributed by atoms with Crippen molar-refractivity contribution in [3.8, 4) is 57.1 Å². The molecule has 12 nitrogen and oxygen atoms in total. The minimum absolute atomic E-state index is 0.0413. The van der Waals surface area contributed by atoms with E-state index in [9.17, 15) is 44.7 Å². The third-order valence-corrected chi connectivity index (χ3v) is 12.8. The number of Topliss-reactive ketones (excluding diaryl/α,β-unsaturated/α-hetero) is 1. The number of carbonyl (C=O) groups is 4. The lowest BCUT2D eigenvalue weighted by molar-refractivity contribution is 0.0594. The van der Waals surface area contributed by atoms with Crippen LogP contribution in [0.5, 0.6) is 23.5 Å². The molecule has 316 valence electrons. The zero-order valence-electron chi connectivity index (χ0n) is 34.7. The molecule has 0 saturated carbocycles. The molecule has 63 heavy (non-hydrogen) atoms. The topological polar surface area (TPSA) is 183 Å². The largest absolute Gasteiger partial charge is 0.494 e. The van der Waals surface area contributed by atoms with Gasteiger partial charge in [-0.25, -0.2) is 0 Å². The zero-order valence-corrected chi connectivity index (χ0v) is 34.7. The van der Waals surface area contributed by atoms with Crippen LogP contribution in [0.15, 0.2) is 115 Å². The number of aromatic nitrogens is 2. The number of hydrogen-bond donors (Lipinski definition) is 5. The van der Waals surface area contributed by atoms with Crippen molar-refractivity contribution in [1.29, 1.82) is 0 Å². The molecular weight excluding hydrogens is 799 g/mol. The van der Waals surface area contributed by atoms with E-state index in [1.165, 1.54) is 21.3 Å². The standard InChI is InChI=1S/C51H43N3O9/c1-4-51(3,44(57)37-24-39-38(23-34(37)27-56)45(58)52(46(39)59)28(2)33-10-8-9-32(22-33)26-55)25-31-15-13-29(14-16-31)21-30-17-19-36(20-18-30)54-49(62)42-40-41(43(42)50(54)63)48(61)53(47(40)60)35-11-6-5-7-12-35/h5-20,22-24,27-28,55,60-63H,4,21,25-26H2,1-3H3. The van der Waals surface area contributed by atoms with Crippen LogP contribution in [-0.4, -0.2) is 63.5 Å². The lowest BCUT2D eigenvalue weighted by Crippen LogP contribution is -2.32. The number of para-hydroxylation sites is 1. The number of aliphatic hydroxyl groups excluding tert-OH is 1. The first-order valence-corrected chi connectivity index (χ1v) is 20.6. The van der Waals surface area contributed by atoms with Crippen LogP contribution >= 0.6 is 0 Å². The summed E-state index contributed by atoms with van der Waals surface area (Å²) < 4.78 is 2.54. The molecule has 0 fully saturated rings. The number of rotatable bonds is 13. The fraction of sp³-hybridized carbons (Fsp3) is 0.176. The quantitative estimate of drug-likeness (QED) is 0.0430. The van der Waals surface area contributed by atoms with Crippen molar-refractivity contribution in [2.75, 3.05) is 0 Å². The fourth-order valence-corrected chi connectivity index (χ4v) is 9.03. The molecule has 0 radical (unpaired) electrons. The van der Waals surface area contributed by atoms with Gasteiger partial charge in [0.05, 0.1) is 57.4 Å². The molecular formula is C51H43N3O9. The highest BCUT2D eigenvalue weighted by molar-refractivity contribution is 6.23. The Balaban J connectivity index is 0.898. The van der Waals surface area contributed by atoms with E-state index in [0.29, 0.717) is 48.1 Å². The van der Waals surface area contributed by atoms with Gasteiger partial charge in [-0.1, -0.05) is 92.7 Å². The van der Waals surface area contributed by atoms with Crippen LogP contribution in [0.4, 0.5) is 0 Å². The Labute approximate surface area is 362 Å². The van der Waals surface area contributed by atoms with Crippen LogP contribution in [0.25, 0.3) is 33.6 Å². The molecule has 2 aliphatic rings. The lowest BCUT2D eigenvalue weighted by Gasteiger charge is -2.28. The van der Waals surface area contributed by atoms with Gasteiger partial charge in [-0.15, -0.1) is 0 Å². The van der Waals surface area contributed by atoms with Gasteiger partial charge in [-0.2, -0.15) is 0 Å². The first-order valence-electron chi connectivity index (χ1n) is 20.6. The smallest absolute Gasteiger partial charge is 0.262 e. The molecule has 0 saturated heterocycles. The Hall–Kier alpha value is -7.70. The number of benzene rings is 5. The number of imide groups is 1. The molecule has 2 aromatic heterocycles. The van der Waals surface area contributed by atoms with Gasteiger partial charge >= 0.3 is 0 Å². The second kappa shape index (κ2) is 15.3. The van der Waals surface area contributed by atoms with E-state index in [-0.39, 0.29) is 80.4 Å². The molecule has 2 amide bonds. The van der Waals surface area contributed by atoms with Gasteiger partial charge in [-0.05, 0) is 90.4 Å². The molecule has 3 heterocycles. The van der Waals surface area contributed by atoms with Gasteiger partial charge in [0.2, 0.25) is 23.5 Å². The van der Waals surface area contributed by atoms with Crippen LogP contribution in [0.2, 0.25) is 0 Å². The summed E-state index contributed by atoms with van der Waals surface area (Å²) in [4.78, 5) is 55.3. The normalized spacial score (nSPS) is 14.1. The van der Waals surface area contributed by atoms with Crippen LogP contribution in [-0.2, 0) is 19.4 Å². The molecule has 5 aromatic carbocycles. The molecule has 12 heteroatoms. The van der Waals surface area contributed by atoms with Crippen molar-refractivity contribution in [2.45, 2.75) is 52.7 Å². The summed E-state index contributed by atoms with van der Waals surface area (Å²) in [5, 5.41) is 54.2. The monoisotopic (exact) mass is 841 g/mol. The van der Waals surface area contributed by atoms with Crippen molar-refractivity contribution in [2.24, 2.45) is 5.41 Å². The number of aldehydes is 1. The van der Waals surface area contributed by atoms with E-state index in [0.717, 1.165) is 21.6 Å². The minimum atomic E-state index is -0.950. The average molecular weight is 842 g/mol. The van der Waals surface area contributed by atoms with Gasteiger partial charge < -0.3 is 25.5 Å².